The number of thiocarbonyl (C=S) groups is 1. The molecule has 1 heterocycles. The van der Waals surface area contributed by atoms with Crippen molar-refractivity contribution in [2.75, 3.05) is 44.7 Å². The van der Waals surface area contributed by atoms with Crippen LogP contribution in [-0.4, -0.2) is 73.8 Å². The summed E-state index contributed by atoms with van der Waals surface area (Å²) in [5, 5.41) is 0. The highest BCUT2D eigenvalue weighted by molar-refractivity contribution is 7.91. The van der Waals surface area contributed by atoms with Gasteiger partial charge in [-0.25, -0.2) is 8.42 Å². The molecule has 104 valence electrons. The van der Waals surface area contributed by atoms with Gasteiger partial charge < -0.3 is 10.6 Å². The summed E-state index contributed by atoms with van der Waals surface area (Å²) in [5.74, 6) is 0.235. The fourth-order valence-electron chi connectivity index (χ4n) is 1.62. The second kappa shape index (κ2) is 6.44. The highest BCUT2D eigenvalue weighted by Crippen LogP contribution is 2.04. The first-order valence-corrected chi connectivity index (χ1v) is 7.98. The molecule has 8 heteroatoms. The first kappa shape index (κ1) is 15.3. The van der Waals surface area contributed by atoms with Crippen LogP contribution in [-0.2, 0) is 14.6 Å². The molecule has 0 radical (unpaired) electrons. The lowest BCUT2D eigenvalue weighted by Gasteiger charge is -2.27. The van der Waals surface area contributed by atoms with E-state index in [0.717, 1.165) is 0 Å². The third-order valence-electron chi connectivity index (χ3n) is 2.92. The Hall–Kier alpha value is -0.730. The molecule has 1 saturated heterocycles. The maximum Gasteiger partial charge on any atom is 0.236 e. The van der Waals surface area contributed by atoms with Gasteiger partial charge in [-0.2, -0.15) is 0 Å². The molecule has 1 fully saturated rings. The lowest BCUT2D eigenvalue weighted by molar-refractivity contribution is -0.130. The van der Waals surface area contributed by atoms with Gasteiger partial charge in [0.15, 0.2) is 9.84 Å². The normalized spacial score (nSPS) is 19.4. The first-order chi connectivity index (χ1) is 8.30. The minimum Gasteiger partial charge on any atom is -0.393 e. The molecule has 0 atom stereocenters. The van der Waals surface area contributed by atoms with Crippen LogP contribution in [0.4, 0.5) is 0 Å². The van der Waals surface area contributed by atoms with Crippen LogP contribution in [0.2, 0.25) is 0 Å². The van der Waals surface area contributed by atoms with Gasteiger partial charge in [-0.3, -0.25) is 9.69 Å². The molecule has 0 aromatic rings. The molecule has 0 aliphatic carbocycles. The Morgan fingerprint density at radius 1 is 1.39 bits per heavy atom. The van der Waals surface area contributed by atoms with E-state index < -0.39 is 9.84 Å². The minimum atomic E-state index is -2.89. The summed E-state index contributed by atoms with van der Waals surface area (Å²) in [6, 6.07) is 0. The smallest absolute Gasteiger partial charge is 0.236 e. The maximum absolute atomic E-state index is 11.8. The van der Waals surface area contributed by atoms with Crippen molar-refractivity contribution in [3.63, 3.8) is 0 Å². The van der Waals surface area contributed by atoms with Crippen molar-refractivity contribution in [3.8, 4) is 0 Å². The SMILES string of the molecule is CN(CCC(N)=S)C(=O)CN1CCS(=O)(=O)CC1. The number of carbonyl (C=O) groups is 1. The molecular formula is C10H19N3O3S2. The molecule has 0 aromatic heterocycles. The number of rotatable bonds is 5. The van der Waals surface area contributed by atoms with E-state index in [2.05, 4.69) is 0 Å². The van der Waals surface area contributed by atoms with Gasteiger partial charge in [0.2, 0.25) is 5.91 Å². The van der Waals surface area contributed by atoms with E-state index in [4.69, 9.17) is 18.0 Å². The molecule has 1 aliphatic rings. The van der Waals surface area contributed by atoms with Crippen molar-refractivity contribution in [1.29, 1.82) is 0 Å². The summed E-state index contributed by atoms with van der Waals surface area (Å²) in [5.41, 5.74) is 5.37. The number of likely N-dealkylation sites (N-methyl/N-ethyl adjacent to an activating group) is 1. The van der Waals surface area contributed by atoms with E-state index in [0.29, 0.717) is 31.0 Å². The van der Waals surface area contributed by atoms with E-state index in [1.165, 1.54) is 0 Å². The van der Waals surface area contributed by atoms with E-state index in [1.54, 1.807) is 11.9 Å². The summed E-state index contributed by atoms with van der Waals surface area (Å²) < 4.78 is 22.5. The predicted octanol–water partition coefficient (Wildman–Crippen LogP) is -1.15. The zero-order valence-corrected chi connectivity index (χ0v) is 12.1. The molecule has 1 aliphatic heterocycles. The van der Waals surface area contributed by atoms with Gasteiger partial charge in [0.25, 0.3) is 0 Å². The van der Waals surface area contributed by atoms with Crippen LogP contribution >= 0.6 is 12.2 Å². The molecule has 18 heavy (non-hydrogen) atoms. The van der Waals surface area contributed by atoms with E-state index in [9.17, 15) is 13.2 Å². The number of sulfone groups is 1. The van der Waals surface area contributed by atoms with Crippen molar-refractivity contribution >= 4 is 33.0 Å². The Kier molecular flexibility index (Phi) is 5.48. The molecule has 0 unspecified atom stereocenters. The van der Waals surface area contributed by atoms with Crippen molar-refractivity contribution in [2.45, 2.75) is 6.42 Å². The Morgan fingerprint density at radius 2 is 1.94 bits per heavy atom. The highest BCUT2D eigenvalue weighted by atomic mass is 32.2. The van der Waals surface area contributed by atoms with Crippen molar-refractivity contribution in [1.82, 2.24) is 9.80 Å². The molecule has 0 bridgehead atoms. The van der Waals surface area contributed by atoms with Crippen LogP contribution in [0.3, 0.4) is 0 Å². The van der Waals surface area contributed by atoms with Crippen LogP contribution in [0.15, 0.2) is 0 Å². The van der Waals surface area contributed by atoms with Crippen LogP contribution in [0.1, 0.15) is 6.42 Å². The molecule has 2 N–H and O–H groups in total. The van der Waals surface area contributed by atoms with Gasteiger partial charge in [0.05, 0.1) is 23.0 Å². The third kappa shape index (κ3) is 5.28. The summed E-state index contributed by atoms with van der Waals surface area (Å²) >= 11 is 4.75. The minimum absolute atomic E-state index is 0.0365. The van der Waals surface area contributed by atoms with Gasteiger partial charge in [-0.15, -0.1) is 0 Å². The van der Waals surface area contributed by atoms with Gasteiger partial charge in [-0.05, 0) is 0 Å². The maximum atomic E-state index is 11.8. The second-order valence-corrected chi connectivity index (χ2v) is 7.29. The van der Waals surface area contributed by atoms with Crippen molar-refractivity contribution in [3.05, 3.63) is 0 Å². The number of hydrogen-bond acceptors (Lipinski definition) is 5. The van der Waals surface area contributed by atoms with Gasteiger partial charge in [-0.1, -0.05) is 12.2 Å². The molecule has 0 saturated carbocycles. The van der Waals surface area contributed by atoms with Crippen LogP contribution < -0.4 is 5.73 Å². The quantitative estimate of drug-likeness (QED) is 0.645. The number of nitrogens with zero attached hydrogens (tertiary/aromatic N) is 2. The molecule has 0 aromatic carbocycles. The number of nitrogens with two attached hydrogens (primary N) is 1. The highest BCUT2D eigenvalue weighted by Gasteiger charge is 2.23. The fraction of sp³-hybridized carbons (Fsp3) is 0.800. The standard InChI is InChI=1S/C10H19N3O3S2/c1-12(3-2-9(11)17)10(14)8-13-4-6-18(15,16)7-5-13/h2-8H2,1H3,(H2,11,17). The molecule has 1 amide bonds. The predicted molar refractivity (Wildman–Crippen MR) is 74.1 cm³/mol. The zero-order valence-electron chi connectivity index (χ0n) is 10.5. The molecule has 6 nitrogen and oxygen atoms in total. The summed E-state index contributed by atoms with van der Waals surface area (Å²) in [4.78, 5) is 15.7. The Bertz CT molecular complexity index is 408. The Morgan fingerprint density at radius 3 is 2.44 bits per heavy atom. The van der Waals surface area contributed by atoms with E-state index in [1.807, 2.05) is 4.90 Å². The largest absolute Gasteiger partial charge is 0.393 e. The average Bonchev–Trinajstić information content (AvgIpc) is 2.28. The third-order valence-corrected chi connectivity index (χ3v) is 4.73. The summed E-state index contributed by atoms with van der Waals surface area (Å²) in [6.45, 7) is 1.61. The summed E-state index contributed by atoms with van der Waals surface area (Å²) in [6.07, 6.45) is 0.506. The van der Waals surface area contributed by atoms with Crippen molar-refractivity contribution < 1.29 is 13.2 Å². The van der Waals surface area contributed by atoms with E-state index in [-0.39, 0.29) is 24.0 Å². The summed E-state index contributed by atoms with van der Waals surface area (Å²) in [7, 11) is -1.20. The van der Waals surface area contributed by atoms with Gasteiger partial charge in [0, 0.05) is 33.1 Å². The monoisotopic (exact) mass is 293 g/mol. The molecule has 1 rings (SSSR count). The van der Waals surface area contributed by atoms with Gasteiger partial charge >= 0.3 is 0 Å². The number of carbonyl (C=O) groups excluding carboxylic acids is 1. The fourth-order valence-corrected chi connectivity index (χ4v) is 2.99. The van der Waals surface area contributed by atoms with Crippen LogP contribution in [0, 0.1) is 0 Å². The van der Waals surface area contributed by atoms with E-state index >= 15 is 0 Å². The average molecular weight is 293 g/mol. The number of hydrogen-bond donors (Lipinski definition) is 1. The molecular weight excluding hydrogens is 274 g/mol. The van der Waals surface area contributed by atoms with Crippen LogP contribution in [0.5, 0.6) is 0 Å². The van der Waals surface area contributed by atoms with Crippen LogP contribution in [0.25, 0.3) is 0 Å². The first-order valence-electron chi connectivity index (χ1n) is 5.75. The second-order valence-electron chi connectivity index (χ2n) is 4.46. The van der Waals surface area contributed by atoms with Crippen molar-refractivity contribution in [2.24, 2.45) is 5.73 Å². The lowest BCUT2D eigenvalue weighted by Crippen LogP contribution is -2.46. The molecule has 0 spiro atoms. The number of amides is 1. The Balaban J connectivity index is 2.34. The lowest BCUT2D eigenvalue weighted by atomic mass is 10.3. The topological polar surface area (TPSA) is 83.7 Å². The Labute approximate surface area is 113 Å². The van der Waals surface area contributed by atoms with Gasteiger partial charge in [0.1, 0.15) is 0 Å². The zero-order chi connectivity index (χ0) is 13.8.